The second-order valence-corrected chi connectivity index (χ2v) is 4.15. The minimum absolute atomic E-state index is 0.164. The molecule has 0 radical (unpaired) electrons. The molecule has 1 fully saturated rings. The molecule has 1 aromatic rings. The van der Waals surface area contributed by atoms with E-state index in [0.717, 1.165) is 5.82 Å². The number of imidazole rings is 1. The SMILES string of the molecule is CC(=O)Cc1ncc(C2CCCC2)[nH]1. The summed E-state index contributed by atoms with van der Waals surface area (Å²) >= 11 is 0. The summed E-state index contributed by atoms with van der Waals surface area (Å²) in [5, 5.41) is 0. The average molecular weight is 192 g/mol. The lowest BCUT2D eigenvalue weighted by Gasteiger charge is -2.03. The van der Waals surface area contributed by atoms with Gasteiger partial charge in [0.25, 0.3) is 0 Å². The van der Waals surface area contributed by atoms with E-state index in [4.69, 9.17) is 0 Å². The molecule has 76 valence electrons. The first-order valence-electron chi connectivity index (χ1n) is 5.29. The van der Waals surface area contributed by atoms with Crippen LogP contribution in [0, 0.1) is 0 Å². The smallest absolute Gasteiger partial charge is 0.137 e. The number of ketones is 1. The molecule has 0 saturated heterocycles. The van der Waals surface area contributed by atoms with Crippen LogP contribution in [0.3, 0.4) is 0 Å². The van der Waals surface area contributed by atoms with E-state index < -0.39 is 0 Å². The molecule has 14 heavy (non-hydrogen) atoms. The van der Waals surface area contributed by atoms with Gasteiger partial charge in [-0.3, -0.25) is 4.79 Å². The molecule has 1 aliphatic carbocycles. The number of hydrogen-bond acceptors (Lipinski definition) is 2. The summed E-state index contributed by atoms with van der Waals surface area (Å²) in [6, 6.07) is 0. The number of nitrogens with one attached hydrogen (secondary N) is 1. The van der Waals surface area contributed by atoms with Gasteiger partial charge in [0.15, 0.2) is 0 Å². The predicted molar refractivity (Wildman–Crippen MR) is 54.2 cm³/mol. The van der Waals surface area contributed by atoms with Crippen LogP contribution < -0.4 is 0 Å². The molecule has 1 saturated carbocycles. The van der Waals surface area contributed by atoms with E-state index >= 15 is 0 Å². The molecular weight excluding hydrogens is 176 g/mol. The summed E-state index contributed by atoms with van der Waals surface area (Å²) in [6.45, 7) is 1.60. The third-order valence-corrected chi connectivity index (χ3v) is 2.86. The first kappa shape index (κ1) is 9.44. The fraction of sp³-hybridized carbons (Fsp3) is 0.636. The van der Waals surface area contributed by atoms with Crippen molar-refractivity contribution in [2.24, 2.45) is 0 Å². The number of Topliss-reactive ketones (excluding diaryl/α,β-unsaturated/α-hetero) is 1. The molecule has 0 unspecified atom stereocenters. The monoisotopic (exact) mass is 192 g/mol. The Labute approximate surface area is 83.9 Å². The maximum atomic E-state index is 10.9. The van der Waals surface area contributed by atoms with Crippen LogP contribution in [-0.2, 0) is 11.2 Å². The van der Waals surface area contributed by atoms with Crippen molar-refractivity contribution in [1.82, 2.24) is 9.97 Å². The zero-order valence-corrected chi connectivity index (χ0v) is 8.55. The molecule has 1 aliphatic rings. The van der Waals surface area contributed by atoms with Crippen LogP contribution in [0.15, 0.2) is 6.20 Å². The summed E-state index contributed by atoms with van der Waals surface area (Å²) in [5.41, 5.74) is 1.22. The third-order valence-electron chi connectivity index (χ3n) is 2.86. The predicted octanol–water partition coefficient (Wildman–Crippen LogP) is 2.20. The Bertz CT molecular complexity index is 324. The van der Waals surface area contributed by atoms with Crippen molar-refractivity contribution in [2.45, 2.75) is 44.9 Å². The van der Waals surface area contributed by atoms with Gasteiger partial charge in [0.2, 0.25) is 0 Å². The molecule has 0 amide bonds. The number of H-pyrrole nitrogens is 1. The molecule has 2 rings (SSSR count). The first-order valence-corrected chi connectivity index (χ1v) is 5.29. The average Bonchev–Trinajstić information content (AvgIpc) is 2.69. The number of hydrogen-bond donors (Lipinski definition) is 1. The van der Waals surface area contributed by atoms with Gasteiger partial charge < -0.3 is 4.98 Å². The van der Waals surface area contributed by atoms with Crippen molar-refractivity contribution in [3.63, 3.8) is 0 Å². The third kappa shape index (κ3) is 2.03. The lowest BCUT2D eigenvalue weighted by molar-refractivity contribution is -0.116. The fourth-order valence-electron chi connectivity index (χ4n) is 2.15. The van der Waals surface area contributed by atoms with Gasteiger partial charge >= 0.3 is 0 Å². The number of nitrogens with zero attached hydrogens (tertiary/aromatic N) is 1. The maximum absolute atomic E-state index is 10.9. The topological polar surface area (TPSA) is 45.8 Å². The maximum Gasteiger partial charge on any atom is 0.137 e. The van der Waals surface area contributed by atoms with Crippen molar-refractivity contribution < 1.29 is 4.79 Å². The van der Waals surface area contributed by atoms with Crippen LogP contribution in [0.5, 0.6) is 0 Å². The minimum atomic E-state index is 0.164. The van der Waals surface area contributed by atoms with E-state index in [9.17, 15) is 4.79 Å². The van der Waals surface area contributed by atoms with Crippen LogP contribution in [0.1, 0.15) is 50.0 Å². The Morgan fingerprint density at radius 1 is 1.57 bits per heavy atom. The van der Waals surface area contributed by atoms with Crippen molar-refractivity contribution >= 4 is 5.78 Å². The quantitative estimate of drug-likeness (QED) is 0.798. The van der Waals surface area contributed by atoms with Gasteiger partial charge in [0.05, 0.1) is 6.42 Å². The van der Waals surface area contributed by atoms with Crippen LogP contribution in [0.4, 0.5) is 0 Å². The van der Waals surface area contributed by atoms with Gasteiger partial charge in [-0.1, -0.05) is 12.8 Å². The molecular formula is C11H16N2O. The Hall–Kier alpha value is -1.12. The van der Waals surface area contributed by atoms with Crippen LogP contribution in [-0.4, -0.2) is 15.8 Å². The summed E-state index contributed by atoms with van der Waals surface area (Å²) in [4.78, 5) is 18.4. The fourth-order valence-corrected chi connectivity index (χ4v) is 2.15. The highest BCUT2D eigenvalue weighted by molar-refractivity contribution is 5.77. The zero-order valence-electron chi connectivity index (χ0n) is 8.55. The minimum Gasteiger partial charge on any atom is -0.345 e. The number of aromatic nitrogens is 2. The number of aromatic amines is 1. The Morgan fingerprint density at radius 2 is 2.29 bits per heavy atom. The summed E-state index contributed by atoms with van der Waals surface area (Å²) in [6.07, 6.45) is 7.52. The van der Waals surface area contributed by atoms with Crippen molar-refractivity contribution in [3.8, 4) is 0 Å². The molecule has 1 N–H and O–H groups in total. The first-order chi connectivity index (χ1) is 6.75. The van der Waals surface area contributed by atoms with Gasteiger partial charge in [-0.15, -0.1) is 0 Å². The van der Waals surface area contributed by atoms with Crippen LogP contribution in [0.2, 0.25) is 0 Å². The van der Waals surface area contributed by atoms with Crippen LogP contribution in [0.25, 0.3) is 0 Å². The molecule has 0 aliphatic heterocycles. The zero-order chi connectivity index (χ0) is 9.97. The molecule has 3 nitrogen and oxygen atoms in total. The van der Waals surface area contributed by atoms with Gasteiger partial charge in [-0.25, -0.2) is 4.98 Å². The second-order valence-electron chi connectivity index (χ2n) is 4.15. The molecule has 0 aromatic carbocycles. The van der Waals surface area contributed by atoms with Gasteiger partial charge in [-0.2, -0.15) is 0 Å². The Morgan fingerprint density at radius 3 is 2.93 bits per heavy atom. The summed E-state index contributed by atoms with van der Waals surface area (Å²) in [5.74, 6) is 1.64. The normalized spacial score (nSPS) is 17.5. The van der Waals surface area contributed by atoms with E-state index in [-0.39, 0.29) is 5.78 Å². The van der Waals surface area contributed by atoms with E-state index in [2.05, 4.69) is 9.97 Å². The largest absolute Gasteiger partial charge is 0.345 e. The summed E-state index contributed by atoms with van der Waals surface area (Å²) < 4.78 is 0. The molecule has 1 heterocycles. The molecule has 1 aromatic heterocycles. The standard InChI is InChI=1S/C11H16N2O/c1-8(14)6-11-12-7-10(13-11)9-4-2-3-5-9/h7,9H,2-6H2,1H3,(H,12,13). The number of carbonyl (C=O) groups excluding carboxylic acids is 1. The lowest BCUT2D eigenvalue weighted by atomic mass is 10.1. The van der Waals surface area contributed by atoms with Crippen LogP contribution >= 0.6 is 0 Å². The van der Waals surface area contributed by atoms with Crippen molar-refractivity contribution in [3.05, 3.63) is 17.7 Å². The van der Waals surface area contributed by atoms with E-state index in [1.54, 1.807) is 6.92 Å². The Kier molecular flexibility index (Phi) is 2.66. The highest BCUT2D eigenvalue weighted by atomic mass is 16.1. The molecule has 0 spiro atoms. The summed E-state index contributed by atoms with van der Waals surface area (Å²) in [7, 11) is 0. The van der Waals surface area contributed by atoms with Gasteiger partial charge in [0.1, 0.15) is 11.6 Å². The Balaban J connectivity index is 2.05. The number of rotatable bonds is 3. The van der Waals surface area contributed by atoms with Crippen molar-refractivity contribution in [2.75, 3.05) is 0 Å². The second kappa shape index (κ2) is 3.95. The van der Waals surface area contributed by atoms with E-state index in [1.807, 2.05) is 6.20 Å². The molecule has 0 bridgehead atoms. The molecule has 0 atom stereocenters. The van der Waals surface area contributed by atoms with E-state index in [1.165, 1.54) is 31.4 Å². The van der Waals surface area contributed by atoms with Crippen molar-refractivity contribution in [1.29, 1.82) is 0 Å². The highest BCUT2D eigenvalue weighted by Gasteiger charge is 2.18. The van der Waals surface area contributed by atoms with E-state index in [0.29, 0.717) is 12.3 Å². The van der Waals surface area contributed by atoms with Gasteiger partial charge in [-0.05, 0) is 19.8 Å². The molecule has 3 heteroatoms. The highest BCUT2D eigenvalue weighted by Crippen LogP contribution is 2.32. The number of carbonyl (C=O) groups is 1. The van der Waals surface area contributed by atoms with Gasteiger partial charge in [0, 0.05) is 17.8 Å². The lowest BCUT2D eigenvalue weighted by Crippen LogP contribution is -1.99.